The average molecular weight is 863 g/mol. The van der Waals surface area contributed by atoms with Crippen molar-refractivity contribution in [2.75, 3.05) is 82.9 Å². The number of Topliss-reactive ketones (excluding diaryl/α,β-unsaturated/α-hetero) is 1. The van der Waals surface area contributed by atoms with Crippen molar-refractivity contribution < 1.29 is 38.5 Å². The second kappa shape index (κ2) is 22.2. The quantitative estimate of drug-likeness (QED) is 0.0934. The van der Waals surface area contributed by atoms with E-state index in [1.54, 1.807) is 35.1 Å². The summed E-state index contributed by atoms with van der Waals surface area (Å²) in [6.45, 7) is 15.7. The zero-order chi connectivity index (χ0) is 44.8. The predicted molar refractivity (Wildman–Crippen MR) is 241 cm³/mol. The third-order valence-electron chi connectivity index (χ3n) is 10.5. The smallest absolute Gasteiger partial charge is 0.324 e. The number of hydrogen-bond donors (Lipinski definition) is 4. The van der Waals surface area contributed by atoms with Gasteiger partial charge in [-0.25, -0.2) is 9.48 Å². The third-order valence-corrected chi connectivity index (χ3v) is 10.5. The number of morpholine rings is 2. The number of anilines is 2. The van der Waals surface area contributed by atoms with E-state index in [1.165, 1.54) is 0 Å². The van der Waals surface area contributed by atoms with Crippen molar-refractivity contribution in [1.82, 2.24) is 29.9 Å². The van der Waals surface area contributed by atoms with Crippen LogP contribution in [0, 0.1) is 6.92 Å². The first-order chi connectivity index (χ1) is 30.3. The number of aromatic nitrogens is 3. The van der Waals surface area contributed by atoms with Gasteiger partial charge in [-0.05, 0) is 37.3 Å². The molecule has 7 rings (SSSR count). The molecule has 0 atom stereocenters. The first-order valence-electron chi connectivity index (χ1n) is 21.3. The van der Waals surface area contributed by atoms with Gasteiger partial charge in [0.15, 0.2) is 5.78 Å². The van der Waals surface area contributed by atoms with Gasteiger partial charge in [-0.1, -0.05) is 62.7 Å². The number of benzene rings is 3. The van der Waals surface area contributed by atoms with E-state index in [4.69, 9.17) is 24.4 Å². The molecule has 334 valence electrons. The maximum atomic E-state index is 13.4. The summed E-state index contributed by atoms with van der Waals surface area (Å²) in [5, 5.41) is 23.5. The highest BCUT2D eigenvalue weighted by molar-refractivity contribution is 6.07. The van der Waals surface area contributed by atoms with Crippen molar-refractivity contribution in [3.8, 4) is 17.2 Å². The van der Waals surface area contributed by atoms with E-state index >= 15 is 0 Å². The fourth-order valence-corrected chi connectivity index (χ4v) is 6.91. The Kier molecular flexibility index (Phi) is 16.3. The predicted octanol–water partition coefficient (Wildman–Crippen LogP) is 6.21. The molecule has 2 aliphatic heterocycles. The number of ketones is 1. The first kappa shape index (κ1) is 46.3. The topological polar surface area (TPSA) is 189 Å². The minimum atomic E-state index is -0.725. The number of carbonyl (C=O) groups is 4. The summed E-state index contributed by atoms with van der Waals surface area (Å²) in [6, 6.07) is 24.1. The summed E-state index contributed by atoms with van der Waals surface area (Å²) >= 11 is 0. The minimum absolute atomic E-state index is 0.0553. The van der Waals surface area contributed by atoms with Crippen molar-refractivity contribution in [1.29, 1.82) is 0 Å². The van der Waals surface area contributed by atoms with Crippen LogP contribution in [-0.2, 0) is 35.7 Å². The van der Waals surface area contributed by atoms with E-state index in [0.29, 0.717) is 61.4 Å². The van der Waals surface area contributed by atoms with E-state index in [2.05, 4.69) is 51.5 Å². The molecule has 3 aromatic carbocycles. The maximum absolute atomic E-state index is 13.4. The van der Waals surface area contributed by atoms with Gasteiger partial charge in [0.25, 0.3) is 0 Å². The molecular formula is C47H58N8O8. The standard InChI is InChI=1S/C40H45N7O5.C7H13NO3/c1-27-9-11-29(12-10-27)47-37(25-36(45-47)40(2,3)4)44-39(50)43-34-13-14-35(33-8-6-5-7-32(33)34)52-31-15-17-41-28(24-31)23-30(48)26-42-38(49)16-18-46-19-21-51-22-20-46;9-7(10)1-2-8-3-5-11-6-4-8/h5-15,17,24-25H,16,18-23,26H2,1-4H3,(H,42,49)(H2,43,44,50);1-6H2,(H,9,10). The van der Waals surface area contributed by atoms with Crippen LogP contribution in [0.25, 0.3) is 16.5 Å². The van der Waals surface area contributed by atoms with Gasteiger partial charge in [0.1, 0.15) is 17.3 Å². The number of carboxylic acids is 1. The van der Waals surface area contributed by atoms with Crippen molar-refractivity contribution in [3.63, 3.8) is 0 Å². The Bertz CT molecular complexity index is 2330. The number of ether oxygens (including phenoxy) is 3. The minimum Gasteiger partial charge on any atom is -0.481 e. The van der Waals surface area contributed by atoms with Gasteiger partial charge in [-0.2, -0.15) is 5.10 Å². The molecule has 3 amide bonds. The lowest BCUT2D eigenvalue weighted by Gasteiger charge is -2.26. The Morgan fingerprint density at radius 2 is 1.44 bits per heavy atom. The summed E-state index contributed by atoms with van der Waals surface area (Å²) in [5.41, 5.74) is 3.73. The molecule has 16 nitrogen and oxygen atoms in total. The van der Waals surface area contributed by atoms with Crippen LogP contribution in [0.15, 0.2) is 85.1 Å². The van der Waals surface area contributed by atoms with Crippen LogP contribution >= 0.6 is 0 Å². The van der Waals surface area contributed by atoms with Crippen LogP contribution in [0.1, 0.15) is 50.6 Å². The zero-order valence-corrected chi connectivity index (χ0v) is 36.5. The summed E-state index contributed by atoms with van der Waals surface area (Å²) in [6.07, 6.45) is 2.22. The molecule has 5 aromatic rings. The van der Waals surface area contributed by atoms with Gasteiger partial charge in [0.2, 0.25) is 5.91 Å². The number of aryl methyl sites for hydroxylation is 1. The van der Waals surface area contributed by atoms with Gasteiger partial charge >= 0.3 is 12.0 Å². The van der Waals surface area contributed by atoms with Crippen molar-refractivity contribution >= 4 is 46.0 Å². The van der Waals surface area contributed by atoms with E-state index < -0.39 is 12.0 Å². The van der Waals surface area contributed by atoms with Gasteiger partial charge in [-0.15, -0.1) is 0 Å². The number of rotatable bonds is 15. The monoisotopic (exact) mass is 862 g/mol. The van der Waals surface area contributed by atoms with Crippen LogP contribution in [0.2, 0.25) is 0 Å². The number of pyridine rings is 1. The molecule has 4 heterocycles. The normalized spacial score (nSPS) is 14.6. The SMILES string of the molecule is Cc1ccc(-n2nc(C(C)(C)C)cc2NC(=O)Nc2ccc(Oc3ccnc(CC(=O)CNC(=O)CCN4CCOCC4)c3)c3ccccc23)cc1.O=C(O)CCN1CCOCC1. The second-order valence-corrected chi connectivity index (χ2v) is 16.5. The van der Waals surface area contributed by atoms with Crippen LogP contribution in [0.4, 0.5) is 16.3 Å². The highest BCUT2D eigenvalue weighted by Crippen LogP contribution is 2.35. The Morgan fingerprint density at radius 1 is 0.794 bits per heavy atom. The summed E-state index contributed by atoms with van der Waals surface area (Å²) < 4.78 is 18.5. The number of hydrogen-bond acceptors (Lipinski definition) is 11. The molecule has 2 saturated heterocycles. The average Bonchev–Trinajstić information content (AvgIpc) is 3.71. The second-order valence-electron chi connectivity index (χ2n) is 16.5. The van der Waals surface area contributed by atoms with Crippen molar-refractivity contribution in [3.05, 3.63) is 102 Å². The molecule has 0 spiro atoms. The van der Waals surface area contributed by atoms with Gasteiger partial charge in [-0.3, -0.25) is 34.5 Å². The van der Waals surface area contributed by atoms with E-state index in [1.807, 2.05) is 61.5 Å². The summed E-state index contributed by atoms with van der Waals surface area (Å²) in [7, 11) is 0. The lowest BCUT2D eigenvalue weighted by atomic mass is 9.92. The van der Waals surface area contributed by atoms with E-state index in [-0.39, 0.29) is 36.5 Å². The number of amides is 3. The van der Waals surface area contributed by atoms with Crippen molar-refractivity contribution in [2.45, 2.75) is 52.4 Å². The molecule has 2 aliphatic rings. The molecule has 16 heteroatoms. The molecule has 0 unspecified atom stereocenters. The van der Waals surface area contributed by atoms with Gasteiger partial charge in [0.05, 0.1) is 68.6 Å². The summed E-state index contributed by atoms with van der Waals surface area (Å²) in [5.74, 6) is 0.598. The van der Waals surface area contributed by atoms with Crippen LogP contribution in [0.3, 0.4) is 0 Å². The highest BCUT2D eigenvalue weighted by atomic mass is 16.5. The molecule has 0 bridgehead atoms. The highest BCUT2D eigenvalue weighted by Gasteiger charge is 2.22. The number of aliphatic carboxylic acids is 1. The summed E-state index contributed by atoms with van der Waals surface area (Å²) in [4.78, 5) is 57.2. The molecule has 0 aliphatic carbocycles. The maximum Gasteiger partial charge on any atom is 0.324 e. The molecule has 2 aromatic heterocycles. The Morgan fingerprint density at radius 3 is 2.10 bits per heavy atom. The Balaban J connectivity index is 0.000000524. The van der Waals surface area contributed by atoms with E-state index in [0.717, 1.165) is 67.1 Å². The first-order valence-corrected chi connectivity index (χ1v) is 21.3. The van der Waals surface area contributed by atoms with Crippen molar-refractivity contribution in [2.24, 2.45) is 0 Å². The Hall–Kier alpha value is -6.20. The zero-order valence-electron chi connectivity index (χ0n) is 36.5. The van der Waals surface area contributed by atoms with Crippen LogP contribution in [-0.4, -0.2) is 126 Å². The Labute approximate surface area is 367 Å². The van der Waals surface area contributed by atoms with Gasteiger partial charge in [0, 0.05) is 80.2 Å². The number of nitrogens with one attached hydrogen (secondary N) is 3. The molecule has 4 N–H and O–H groups in total. The van der Waals surface area contributed by atoms with Crippen LogP contribution in [0.5, 0.6) is 11.5 Å². The molecular weight excluding hydrogens is 805 g/mol. The lowest BCUT2D eigenvalue weighted by molar-refractivity contribution is -0.137. The molecule has 63 heavy (non-hydrogen) atoms. The largest absolute Gasteiger partial charge is 0.481 e. The number of fused-ring (bicyclic) bond motifs is 1. The fraction of sp³-hybridized carbons (Fsp3) is 0.404. The van der Waals surface area contributed by atoms with Gasteiger partial charge < -0.3 is 30.0 Å². The van der Waals surface area contributed by atoms with E-state index in [9.17, 15) is 19.2 Å². The third kappa shape index (κ3) is 14.2. The fourth-order valence-electron chi connectivity index (χ4n) is 6.91. The lowest BCUT2D eigenvalue weighted by Crippen LogP contribution is -2.39. The number of carboxylic acid groups (broad SMARTS) is 1. The number of urea groups is 1. The molecule has 2 fully saturated rings. The molecule has 0 radical (unpaired) electrons. The number of nitrogens with zero attached hydrogens (tertiary/aromatic N) is 5. The van der Waals surface area contributed by atoms with Crippen LogP contribution < -0.4 is 20.7 Å². The molecule has 0 saturated carbocycles. The number of carbonyl (C=O) groups excluding carboxylic acids is 3.